The Morgan fingerprint density at radius 3 is 2.53 bits per heavy atom. The molecule has 0 saturated heterocycles. The molecule has 1 heterocycles. The van der Waals surface area contributed by atoms with Crippen LogP contribution >= 0.6 is 15.9 Å². The predicted octanol–water partition coefficient (Wildman–Crippen LogP) is 4.41. The van der Waals surface area contributed by atoms with Gasteiger partial charge in [0.05, 0.1) is 4.47 Å². The van der Waals surface area contributed by atoms with Gasteiger partial charge in [-0.2, -0.15) is 0 Å². The Kier molecular flexibility index (Phi) is 3.04. The number of rotatable bonds is 1. The highest BCUT2D eigenvalue weighted by molar-refractivity contribution is 9.10. The molecule has 1 aromatic carbocycles. The van der Waals surface area contributed by atoms with Gasteiger partial charge in [-0.15, -0.1) is 0 Å². The van der Waals surface area contributed by atoms with Crippen LogP contribution in [0.2, 0.25) is 0 Å². The molecule has 1 unspecified atom stereocenters. The fourth-order valence-electron chi connectivity index (χ4n) is 1.66. The Bertz CT molecular complexity index is 554. The Morgan fingerprint density at radius 2 is 1.94 bits per heavy atom. The van der Waals surface area contributed by atoms with Crippen molar-refractivity contribution in [3.05, 3.63) is 34.2 Å². The summed E-state index contributed by atoms with van der Waals surface area (Å²) in [5, 5.41) is 10.8. The van der Waals surface area contributed by atoms with Crippen LogP contribution in [0.1, 0.15) is 32.6 Å². The maximum Gasteiger partial charge on any atom is 0.148 e. The zero-order valence-electron chi connectivity index (χ0n) is 9.92. The van der Waals surface area contributed by atoms with E-state index in [0.29, 0.717) is 21.2 Å². The second kappa shape index (κ2) is 4.10. The fourth-order valence-corrected chi connectivity index (χ4v) is 2.19. The number of furan rings is 1. The molecule has 0 spiro atoms. The van der Waals surface area contributed by atoms with E-state index < -0.39 is 6.10 Å². The second-order valence-corrected chi connectivity index (χ2v) is 6.08. The maximum atomic E-state index is 13.2. The zero-order valence-corrected chi connectivity index (χ0v) is 11.5. The van der Waals surface area contributed by atoms with Gasteiger partial charge in [-0.05, 0) is 39.5 Å². The van der Waals surface area contributed by atoms with Crippen LogP contribution < -0.4 is 0 Å². The molecule has 0 aliphatic carbocycles. The molecule has 17 heavy (non-hydrogen) atoms. The lowest BCUT2D eigenvalue weighted by atomic mass is 9.88. The van der Waals surface area contributed by atoms with Gasteiger partial charge in [-0.25, -0.2) is 4.39 Å². The Morgan fingerprint density at radius 1 is 1.29 bits per heavy atom. The molecule has 2 nitrogen and oxygen atoms in total. The summed E-state index contributed by atoms with van der Waals surface area (Å²) in [5.41, 5.74) is 0.239. The average Bonchev–Trinajstić information content (AvgIpc) is 2.58. The van der Waals surface area contributed by atoms with Crippen molar-refractivity contribution in [2.24, 2.45) is 5.41 Å². The third kappa shape index (κ3) is 2.38. The van der Waals surface area contributed by atoms with E-state index in [0.717, 1.165) is 0 Å². The summed E-state index contributed by atoms with van der Waals surface area (Å²) < 4.78 is 19.3. The van der Waals surface area contributed by atoms with Crippen LogP contribution in [0.15, 0.2) is 27.1 Å². The first kappa shape index (κ1) is 12.6. The van der Waals surface area contributed by atoms with Crippen molar-refractivity contribution >= 4 is 26.9 Å². The lowest BCUT2D eigenvalue weighted by molar-refractivity contribution is 0.0448. The first-order chi connectivity index (χ1) is 7.79. The van der Waals surface area contributed by atoms with Crippen molar-refractivity contribution in [1.29, 1.82) is 0 Å². The van der Waals surface area contributed by atoms with E-state index in [1.807, 2.05) is 20.8 Å². The molecule has 0 bridgehead atoms. The fraction of sp³-hybridized carbons (Fsp3) is 0.385. The summed E-state index contributed by atoms with van der Waals surface area (Å²) in [6, 6.07) is 4.42. The van der Waals surface area contributed by atoms with Gasteiger partial charge in [0.2, 0.25) is 0 Å². The first-order valence-corrected chi connectivity index (χ1v) is 6.15. The van der Waals surface area contributed by atoms with Crippen LogP contribution in [0.3, 0.4) is 0 Å². The summed E-state index contributed by atoms with van der Waals surface area (Å²) in [4.78, 5) is 0. The molecule has 4 heteroatoms. The zero-order chi connectivity index (χ0) is 12.8. The van der Waals surface area contributed by atoms with Crippen LogP contribution in [0, 0.1) is 11.2 Å². The topological polar surface area (TPSA) is 33.4 Å². The smallest absolute Gasteiger partial charge is 0.148 e. The van der Waals surface area contributed by atoms with Crippen LogP contribution in [0.5, 0.6) is 0 Å². The lowest BCUT2D eigenvalue weighted by Gasteiger charge is -2.23. The molecule has 0 aliphatic heterocycles. The van der Waals surface area contributed by atoms with E-state index in [4.69, 9.17) is 4.42 Å². The van der Waals surface area contributed by atoms with Crippen molar-refractivity contribution in [3.8, 4) is 0 Å². The molecule has 0 aliphatic rings. The van der Waals surface area contributed by atoms with E-state index in [9.17, 15) is 9.50 Å². The minimum atomic E-state index is -0.718. The maximum absolute atomic E-state index is 13.2. The number of hydrogen-bond donors (Lipinski definition) is 1. The minimum absolute atomic E-state index is 0.321. The molecule has 2 rings (SSSR count). The summed E-state index contributed by atoms with van der Waals surface area (Å²) in [6.45, 7) is 5.75. The molecule has 1 aromatic heterocycles. The highest BCUT2D eigenvalue weighted by Gasteiger charge is 2.27. The molecule has 0 fully saturated rings. The van der Waals surface area contributed by atoms with Gasteiger partial charge in [0, 0.05) is 5.39 Å². The summed E-state index contributed by atoms with van der Waals surface area (Å²) in [6.07, 6.45) is -0.718. The standard InChI is InChI=1S/C13H14BrFO2/c1-13(2,3)12(16)10-5-7-4-8(15)6-9(14)11(7)17-10/h4-6,12,16H,1-3H3. The highest BCUT2D eigenvalue weighted by Crippen LogP contribution is 2.37. The van der Waals surface area contributed by atoms with Crippen molar-refractivity contribution in [2.45, 2.75) is 26.9 Å². The Hall–Kier alpha value is -0.870. The molecular weight excluding hydrogens is 287 g/mol. The summed E-state index contributed by atoms with van der Waals surface area (Å²) in [5.74, 6) is 0.126. The minimum Gasteiger partial charge on any atom is -0.457 e. The van der Waals surface area contributed by atoms with E-state index in [2.05, 4.69) is 15.9 Å². The molecular formula is C13H14BrFO2. The third-order valence-corrected chi connectivity index (χ3v) is 3.23. The number of aliphatic hydroxyl groups is 1. The summed E-state index contributed by atoms with van der Waals surface area (Å²) in [7, 11) is 0. The summed E-state index contributed by atoms with van der Waals surface area (Å²) >= 11 is 3.25. The largest absolute Gasteiger partial charge is 0.457 e. The highest BCUT2D eigenvalue weighted by atomic mass is 79.9. The van der Waals surface area contributed by atoms with Crippen LogP contribution in [-0.2, 0) is 0 Å². The molecule has 0 saturated carbocycles. The van der Waals surface area contributed by atoms with E-state index in [1.165, 1.54) is 12.1 Å². The number of aliphatic hydroxyl groups excluding tert-OH is 1. The van der Waals surface area contributed by atoms with Crippen molar-refractivity contribution in [1.82, 2.24) is 0 Å². The third-order valence-electron chi connectivity index (χ3n) is 2.64. The van der Waals surface area contributed by atoms with Gasteiger partial charge in [0.25, 0.3) is 0 Å². The van der Waals surface area contributed by atoms with Gasteiger partial charge < -0.3 is 9.52 Å². The number of benzene rings is 1. The van der Waals surface area contributed by atoms with Gasteiger partial charge in [-0.3, -0.25) is 0 Å². The van der Waals surface area contributed by atoms with Crippen molar-refractivity contribution in [2.75, 3.05) is 0 Å². The number of hydrogen-bond acceptors (Lipinski definition) is 2. The van der Waals surface area contributed by atoms with E-state index in [1.54, 1.807) is 6.07 Å². The Balaban J connectivity index is 2.56. The lowest BCUT2D eigenvalue weighted by Crippen LogP contribution is -2.16. The number of halogens is 2. The molecule has 0 amide bonds. The molecule has 1 N–H and O–H groups in total. The first-order valence-electron chi connectivity index (χ1n) is 5.35. The van der Waals surface area contributed by atoms with Crippen LogP contribution in [0.4, 0.5) is 4.39 Å². The van der Waals surface area contributed by atoms with Crippen molar-refractivity contribution in [3.63, 3.8) is 0 Å². The molecule has 0 radical (unpaired) electrons. The van der Waals surface area contributed by atoms with Crippen LogP contribution in [0.25, 0.3) is 11.0 Å². The normalized spacial score (nSPS) is 14.2. The molecule has 92 valence electrons. The van der Waals surface area contributed by atoms with Gasteiger partial charge in [0.15, 0.2) is 0 Å². The molecule has 2 aromatic rings. The van der Waals surface area contributed by atoms with Crippen LogP contribution in [-0.4, -0.2) is 5.11 Å². The number of fused-ring (bicyclic) bond motifs is 1. The second-order valence-electron chi connectivity index (χ2n) is 5.22. The Labute approximate surface area is 108 Å². The van der Waals surface area contributed by atoms with Gasteiger partial charge >= 0.3 is 0 Å². The quantitative estimate of drug-likeness (QED) is 0.846. The average molecular weight is 301 g/mol. The van der Waals surface area contributed by atoms with Crippen molar-refractivity contribution < 1.29 is 13.9 Å². The molecule has 1 atom stereocenters. The predicted molar refractivity (Wildman–Crippen MR) is 68.3 cm³/mol. The van der Waals surface area contributed by atoms with E-state index in [-0.39, 0.29) is 11.2 Å². The van der Waals surface area contributed by atoms with E-state index >= 15 is 0 Å². The SMILES string of the molecule is CC(C)(C)C(O)c1cc2cc(F)cc(Br)c2o1. The monoisotopic (exact) mass is 300 g/mol. The van der Waals surface area contributed by atoms with Gasteiger partial charge in [0.1, 0.15) is 23.3 Å². The van der Waals surface area contributed by atoms with Gasteiger partial charge in [-0.1, -0.05) is 20.8 Å².